The Bertz CT molecular complexity index is 680. The second-order valence-corrected chi connectivity index (χ2v) is 13.5. The third-order valence-electron chi connectivity index (χ3n) is 11.2. The molecular formula is C32H62N2O4. The first-order chi connectivity index (χ1) is 18.3. The Morgan fingerprint density at radius 1 is 0.921 bits per heavy atom. The molecule has 10 atom stereocenters. The lowest BCUT2D eigenvalue weighted by Crippen LogP contribution is -2.60. The van der Waals surface area contributed by atoms with Gasteiger partial charge < -0.3 is 30.8 Å². The van der Waals surface area contributed by atoms with Crippen molar-refractivity contribution >= 4 is 0 Å². The quantitative estimate of drug-likeness (QED) is 0.210. The molecule has 0 amide bonds. The number of fused-ring (bicyclic) bond motifs is 3. The number of ether oxygens (including phenoxy) is 3. The van der Waals surface area contributed by atoms with Crippen molar-refractivity contribution < 1.29 is 19.3 Å². The van der Waals surface area contributed by atoms with Gasteiger partial charge in [0.25, 0.3) is 0 Å². The fourth-order valence-corrected chi connectivity index (χ4v) is 9.15. The fraction of sp³-hybridized carbons (Fsp3) is 1.00. The van der Waals surface area contributed by atoms with Crippen molar-refractivity contribution in [1.82, 2.24) is 0 Å². The third kappa shape index (κ3) is 7.15. The molecule has 6 heteroatoms. The van der Waals surface area contributed by atoms with Crippen LogP contribution in [-0.4, -0.2) is 62.9 Å². The predicted octanol–water partition coefficient (Wildman–Crippen LogP) is 5.54. The Balaban J connectivity index is 1.88. The SMILES string of the molecule is CCO[C@@H]1CC[C@@](C)(CC[C@H](C)OCCCN)[C@H]2C[C@H](OCCCN)C3(C)C([C@H](C)CCCO)CC[C@H]3C12. The first-order valence-corrected chi connectivity index (χ1v) is 16.1. The molecule has 3 aliphatic carbocycles. The van der Waals surface area contributed by atoms with E-state index in [4.69, 9.17) is 25.7 Å². The molecule has 38 heavy (non-hydrogen) atoms. The first-order valence-electron chi connectivity index (χ1n) is 16.1. The van der Waals surface area contributed by atoms with E-state index in [2.05, 4.69) is 34.6 Å². The van der Waals surface area contributed by atoms with Gasteiger partial charge in [0.2, 0.25) is 0 Å². The third-order valence-corrected chi connectivity index (χ3v) is 11.2. The lowest BCUT2D eigenvalue weighted by molar-refractivity contribution is -0.204. The summed E-state index contributed by atoms with van der Waals surface area (Å²) in [5, 5.41) is 9.54. The molecule has 0 aliphatic heterocycles. The van der Waals surface area contributed by atoms with E-state index in [1.54, 1.807) is 0 Å². The molecule has 0 aromatic rings. The average molecular weight is 539 g/mol. The highest BCUT2D eigenvalue weighted by atomic mass is 16.5. The van der Waals surface area contributed by atoms with Crippen molar-refractivity contribution in [2.24, 2.45) is 51.9 Å². The number of nitrogens with two attached hydrogens (primary N) is 2. The van der Waals surface area contributed by atoms with Gasteiger partial charge >= 0.3 is 0 Å². The zero-order valence-electron chi connectivity index (χ0n) is 25.5. The Kier molecular flexibility index (Phi) is 12.8. The van der Waals surface area contributed by atoms with Crippen LogP contribution in [0.25, 0.3) is 0 Å². The minimum absolute atomic E-state index is 0.150. The number of hydrogen-bond donors (Lipinski definition) is 3. The van der Waals surface area contributed by atoms with Gasteiger partial charge in [0, 0.05) is 31.8 Å². The number of rotatable bonds is 17. The second-order valence-electron chi connectivity index (χ2n) is 13.5. The van der Waals surface area contributed by atoms with Crippen LogP contribution < -0.4 is 11.5 Å². The summed E-state index contributed by atoms with van der Waals surface area (Å²) in [5.74, 6) is 3.06. The lowest BCUT2D eigenvalue weighted by atomic mass is 9.46. The summed E-state index contributed by atoms with van der Waals surface area (Å²) in [7, 11) is 0. The van der Waals surface area contributed by atoms with E-state index in [1.165, 1.54) is 32.1 Å². The highest BCUT2D eigenvalue weighted by molar-refractivity contribution is 5.13. The Hall–Kier alpha value is -0.240. The molecular weight excluding hydrogens is 476 g/mol. The zero-order chi connectivity index (χ0) is 27.8. The minimum Gasteiger partial charge on any atom is -0.396 e. The highest BCUT2D eigenvalue weighted by Gasteiger charge is 2.64. The van der Waals surface area contributed by atoms with Crippen LogP contribution in [0.3, 0.4) is 0 Å². The Morgan fingerprint density at radius 3 is 2.34 bits per heavy atom. The second kappa shape index (κ2) is 15.1. The van der Waals surface area contributed by atoms with Crippen LogP contribution in [0.15, 0.2) is 0 Å². The smallest absolute Gasteiger partial charge is 0.0637 e. The van der Waals surface area contributed by atoms with E-state index in [9.17, 15) is 5.11 Å². The maximum atomic E-state index is 9.54. The van der Waals surface area contributed by atoms with Gasteiger partial charge in [-0.25, -0.2) is 0 Å². The zero-order valence-corrected chi connectivity index (χ0v) is 25.5. The molecule has 5 N–H and O–H groups in total. The van der Waals surface area contributed by atoms with Crippen LogP contribution in [0.2, 0.25) is 0 Å². The maximum absolute atomic E-state index is 9.54. The average Bonchev–Trinajstić information content (AvgIpc) is 3.26. The molecule has 0 spiro atoms. The molecule has 3 rings (SSSR count). The molecule has 0 aromatic heterocycles. The Labute approximate surface area is 234 Å². The van der Waals surface area contributed by atoms with E-state index < -0.39 is 0 Å². The standard InChI is InChI=1S/C32H62N2O4/c1-6-36-28-14-16-31(4,15-13-24(3)37-20-8-17-33)27-22-29(38-21-9-18-34)32(5)25(23(2)10-7-19-35)11-12-26(32)30(27)28/h23-30,35H,6-22,33-34H2,1-5H3/t23-,24+,25?,26+,27+,28-,29+,30?,31-,32?/m1/s1. The number of aliphatic hydroxyl groups is 1. The van der Waals surface area contributed by atoms with Gasteiger partial charge in [0.1, 0.15) is 0 Å². The molecule has 3 unspecified atom stereocenters. The van der Waals surface area contributed by atoms with E-state index in [0.717, 1.165) is 58.3 Å². The van der Waals surface area contributed by atoms with Crippen LogP contribution in [0, 0.1) is 40.4 Å². The van der Waals surface area contributed by atoms with Gasteiger partial charge in [-0.1, -0.05) is 20.8 Å². The molecule has 0 radical (unpaired) electrons. The van der Waals surface area contributed by atoms with Crippen molar-refractivity contribution in [3.63, 3.8) is 0 Å². The van der Waals surface area contributed by atoms with Crippen LogP contribution in [-0.2, 0) is 14.2 Å². The van der Waals surface area contributed by atoms with Crippen molar-refractivity contribution in [3.05, 3.63) is 0 Å². The van der Waals surface area contributed by atoms with Gasteiger partial charge in [-0.05, 0) is 133 Å². The minimum atomic E-state index is 0.150. The largest absolute Gasteiger partial charge is 0.396 e. The molecule has 0 aromatic carbocycles. The number of aliphatic hydroxyl groups excluding tert-OH is 1. The highest BCUT2D eigenvalue weighted by Crippen LogP contribution is 2.67. The van der Waals surface area contributed by atoms with Gasteiger partial charge in [0.05, 0.1) is 18.3 Å². The summed E-state index contributed by atoms with van der Waals surface area (Å²) >= 11 is 0. The van der Waals surface area contributed by atoms with Gasteiger partial charge in [-0.3, -0.25) is 0 Å². The topological polar surface area (TPSA) is 100.0 Å². The van der Waals surface area contributed by atoms with Crippen LogP contribution in [0.4, 0.5) is 0 Å². The summed E-state index contributed by atoms with van der Waals surface area (Å²) in [6, 6.07) is 0. The fourth-order valence-electron chi connectivity index (χ4n) is 9.15. The van der Waals surface area contributed by atoms with Crippen molar-refractivity contribution in [1.29, 1.82) is 0 Å². The molecule has 0 heterocycles. The summed E-state index contributed by atoms with van der Waals surface area (Å²) < 4.78 is 19.5. The molecule has 224 valence electrons. The summed E-state index contributed by atoms with van der Waals surface area (Å²) in [4.78, 5) is 0. The van der Waals surface area contributed by atoms with Crippen LogP contribution in [0.1, 0.15) is 105 Å². The molecule has 0 saturated heterocycles. The molecule has 3 aliphatic rings. The molecule has 3 saturated carbocycles. The Morgan fingerprint density at radius 2 is 1.66 bits per heavy atom. The summed E-state index contributed by atoms with van der Waals surface area (Å²) in [5.41, 5.74) is 12.0. The van der Waals surface area contributed by atoms with Crippen molar-refractivity contribution in [3.8, 4) is 0 Å². The lowest BCUT2D eigenvalue weighted by Gasteiger charge is -2.61. The van der Waals surface area contributed by atoms with Gasteiger partial charge in [-0.15, -0.1) is 0 Å². The summed E-state index contributed by atoms with van der Waals surface area (Å²) in [6.45, 7) is 15.9. The van der Waals surface area contributed by atoms with Gasteiger partial charge in [-0.2, -0.15) is 0 Å². The normalized spacial score (nSPS) is 38.5. The summed E-state index contributed by atoms with van der Waals surface area (Å²) in [6.07, 6.45) is 13.1. The van der Waals surface area contributed by atoms with E-state index in [0.29, 0.717) is 48.8 Å². The van der Waals surface area contributed by atoms with Crippen molar-refractivity contribution in [2.75, 3.05) is 39.5 Å². The molecule has 3 fully saturated rings. The van der Waals surface area contributed by atoms with E-state index in [-0.39, 0.29) is 29.6 Å². The van der Waals surface area contributed by atoms with Crippen LogP contribution >= 0.6 is 0 Å². The number of hydrogen-bond acceptors (Lipinski definition) is 6. The monoisotopic (exact) mass is 538 g/mol. The van der Waals surface area contributed by atoms with E-state index in [1.807, 2.05) is 0 Å². The molecule has 6 nitrogen and oxygen atoms in total. The van der Waals surface area contributed by atoms with Crippen molar-refractivity contribution in [2.45, 2.75) is 124 Å². The van der Waals surface area contributed by atoms with Crippen LogP contribution in [0.5, 0.6) is 0 Å². The molecule has 0 bridgehead atoms. The first kappa shape index (κ1) is 32.3. The predicted molar refractivity (Wildman–Crippen MR) is 156 cm³/mol. The van der Waals surface area contributed by atoms with Gasteiger partial charge in [0.15, 0.2) is 0 Å². The maximum Gasteiger partial charge on any atom is 0.0637 e. The van der Waals surface area contributed by atoms with E-state index >= 15 is 0 Å².